The second-order valence-corrected chi connectivity index (χ2v) is 5.16. The van der Waals surface area contributed by atoms with E-state index in [4.69, 9.17) is 28.9 Å². The van der Waals surface area contributed by atoms with Gasteiger partial charge in [-0.2, -0.15) is 0 Å². The number of hydrogen-bond donors (Lipinski definition) is 1. The zero-order chi connectivity index (χ0) is 13.4. The van der Waals surface area contributed by atoms with E-state index in [0.717, 1.165) is 21.9 Å². The molecule has 0 radical (unpaired) electrons. The first-order valence-corrected chi connectivity index (χ1v) is 6.49. The van der Waals surface area contributed by atoms with Crippen molar-refractivity contribution in [3.05, 3.63) is 58.8 Å². The van der Waals surface area contributed by atoms with Gasteiger partial charge in [0.1, 0.15) is 0 Å². The summed E-state index contributed by atoms with van der Waals surface area (Å²) in [5.74, 6) is 0. The number of halogens is 2. The summed E-state index contributed by atoms with van der Waals surface area (Å²) in [6.45, 7) is 0. The summed E-state index contributed by atoms with van der Waals surface area (Å²) < 4.78 is 0. The Labute approximate surface area is 120 Å². The van der Waals surface area contributed by atoms with Crippen molar-refractivity contribution in [2.24, 2.45) is 0 Å². The summed E-state index contributed by atoms with van der Waals surface area (Å²) in [6, 6.07) is 11.4. The molecule has 4 heteroatoms. The molecule has 2 aromatic carbocycles. The molecule has 1 heterocycles. The molecule has 2 N–H and O–H groups in total. The number of nitrogens with zero attached hydrogens (tertiary/aromatic N) is 1. The number of rotatable bonds is 1. The van der Waals surface area contributed by atoms with Crippen LogP contribution < -0.4 is 5.73 Å². The van der Waals surface area contributed by atoms with Crippen LogP contribution in [0.15, 0.2) is 48.8 Å². The average Bonchev–Trinajstić information content (AvgIpc) is 2.37. The maximum Gasteiger partial charge on any atom is 0.0580 e. The second kappa shape index (κ2) is 4.72. The third-order valence-electron chi connectivity index (χ3n) is 3.01. The Balaban J connectivity index is 2.33. The molecule has 0 unspecified atom stereocenters. The van der Waals surface area contributed by atoms with Crippen molar-refractivity contribution < 1.29 is 0 Å². The minimum absolute atomic E-state index is 0.608. The molecule has 3 rings (SSSR count). The topological polar surface area (TPSA) is 38.9 Å². The molecule has 2 nitrogen and oxygen atoms in total. The highest BCUT2D eigenvalue weighted by atomic mass is 35.5. The Kier molecular flexibility index (Phi) is 3.05. The van der Waals surface area contributed by atoms with Gasteiger partial charge in [0.2, 0.25) is 0 Å². The summed E-state index contributed by atoms with van der Waals surface area (Å²) in [5, 5.41) is 3.18. The van der Waals surface area contributed by atoms with Crippen molar-refractivity contribution in [1.29, 1.82) is 0 Å². The van der Waals surface area contributed by atoms with Gasteiger partial charge in [-0.3, -0.25) is 4.98 Å². The molecule has 0 spiro atoms. The maximum atomic E-state index is 6.06. The van der Waals surface area contributed by atoms with Crippen molar-refractivity contribution in [1.82, 2.24) is 4.98 Å². The smallest absolute Gasteiger partial charge is 0.0580 e. The molecule has 0 saturated heterocycles. The summed E-state index contributed by atoms with van der Waals surface area (Å²) in [4.78, 5) is 4.15. The molecular formula is C15H10Cl2N2. The van der Waals surface area contributed by atoms with Crippen LogP contribution in [0.2, 0.25) is 10.0 Å². The number of anilines is 1. The fourth-order valence-electron chi connectivity index (χ4n) is 2.18. The lowest BCUT2D eigenvalue weighted by molar-refractivity contribution is 1.37. The van der Waals surface area contributed by atoms with Crippen LogP contribution in [-0.2, 0) is 0 Å². The first kappa shape index (κ1) is 12.3. The van der Waals surface area contributed by atoms with E-state index in [1.807, 2.05) is 30.3 Å². The van der Waals surface area contributed by atoms with Gasteiger partial charge in [-0.05, 0) is 29.3 Å². The van der Waals surface area contributed by atoms with Crippen LogP contribution in [0.1, 0.15) is 0 Å². The summed E-state index contributed by atoms with van der Waals surface area (Å²) >= 11 is 12.1. The van der Waals surface area contributed by atoms with Crippen molar-refractivity contribution in [2.75, 3.05) is 5.73 Å². The standard InChI is InChI=1S/C15H10Cl2N2/c16-10-4-9(5-11(17)6-10)12-2-1-3-13-14(12)7-19-8-15(13)18/h1-8H,18H2. The number of hydrogen-bond acceptors (Lipinski definition) is 2. The lowest BCUT2D eigenvalue weighted by atomic mass is 9.99. The van der Waals surface area contributed by atoms with Gasteiger partial charge in [0.25, 0.3) is 0 Å². The van der Waals surface area contributed by atoms with Crippen LogP contribution in [0.25, 0.3) is 21.9 Å². The Bertz CT molecular complexity index is 749. The minimum Gasteiger partial charge on any atom is -0.397 e. The van der Waals surface area contributed by atoms with Crippen molar-refractivity contribution >= 4 is 39.7 Å². The largest absolute Gasteiger partial charge is 0.397 e. The highest BCUT2D eigenvalue weighted by Gasteiger charge is 2.07. The van der Waals surface area contributed by atoms with E-state index in [0.29, 0.717) is 15.7 Å². The van der Waals surface area contributed by atoms with Crippen LogP contribution in [-0.4, -0.2) is 4.98 Å². The predicted molar refractivity (Wildman–Crippen MR) is 81.6 cm³/mol. The fourth-order valence-corrected chi connectivity index (χ4v) is 2.70. The number of nitrogen functional groups attached to an aromatic ring is 1. The van der Waals surface area contributed by atoms with Gasteiger partial charge in [-0.25, -0.2) is 0 Å². The molecule has 0 bridgehead atoms. The van der Waals surface area contributed by atoms with Crippen LogP contribution in [0.3, 0.4) is 0 Å². The summed E-state index contributed by atoms with van der Waals surface area (Å²) in [7, 11) is 0. The van der Waals surface area contributed by atoms with E-state index in [9.17, 15) is 0 Å². The molecule has 0 aliphatic carbocycles. The first-order chi connectivity index (χ1) is 9.15. The third kappa shape index (κ3) is 2.25. The molecule has 0 fully saturated rings. The van der Waals surface area contributed by atoms with Crippen LogP contribution in [0, 0.1) is 0 Å². The van der Waals surface area contributed by atoms with E-state index in [1.54, 1.807) is 18.5 Å². The quantitative estimate of drug-likeness (QED) is 0.699. The van der Waals surface area contributed by atoms with Crippen molar-refractivity contribution in [3.8, 4) is 11.1 Å². The molecule has 0 amide bonds. The molecule has 19 heavy (non-hydrogen) atoms. The molecule has 0 atom stereocenters. The predicted octanol–water partition coefficient (Wildman–Crippen LogP) is 4.79. The SMILES string of the molecule is Nc1cncc2c(-c3cc(Cl)cc(Cl)c3)cccc12. The number of benzene rings is 2. The van der Waals surface area contributed by atoms with E-state index in [1.165, 1.54) is 0 Å². The van der Waals surface area contributed by atoms with Gasteiger partial charge >= 0.3 is 0 Å². The van der Waals surface area contributed by atoms with Crippen LogP contribution in [0.5, 0.6) is 0 Å². The summed E-state index contributed by atoms with van der Waals surface area (Å²) in [5.41, 5.74) is 8.58. The maximum absolute atomic E-state index is 6.06. The number of fused-ring (bicyclic) bond motifs is 1. The average molecular weight is 289 g/mol. The number of aromatic nitrogens is 1. The van der Waals surface area contributed by atoms with E-state index in [-0.39, 0.29) is 0 Å². The third-order valence-corrected chi connectivity index (χ3v) is 3.44. The van der Waals surface area contributed by atoms with Gasteiger partial charge in [-0.15, -0.1) is 0 Å². The van der Waals surface area contributed by atoms with Gasteiger partial charge in [0.05, 0.1) is 11.9 Å². The number of nitrogens with two attached hydrogens (primary N) is 1. The molecule has 94 valence electrons. The minimum atomic E-state index is 0.608. The Morgan fingerprint density at radius 1 is 0.895 bits per heavy atom. The zero-order valence-corrected chi connectivity index (χ0v) is 11.4. The Hall–Kier alpha value is -1.77. The van der Waals surface area contributed by atoms with E-state index < -0.39 is 0 Å². The van der Waals surface area contributed by atoms with Crippen LogP contribution >= 0.6 is 23.2 Å². The van der Waals surface area contributed by atoms with E-state index >= 15 is 0 Å². The Morgan fingerprint density at radius 3 is 2.37 bits per heavy atom. The Morgan fingerprint density at radius 2 is 1.63 bits per heavy atom. The lowest BCUT2D eigenvalue weighted by Crippen LogP contribution is -1.90. The highest BCUT2D eigenvalue weighted by Crippen LogP contribution is 2.33. The molecule has 3 aromatic rings. The molecule has 0 aliphatic heterocycles. The number of pyridine rings is 1. The normalized spacial score (nSPS) is 10.8. The monoisotopic (exact) mass is 288 g/mol. The van der Waals surface area contributed by atoms with Crippen molar-refractivity contribution in [2.45, 2.75) is 0 Å². The highest BCUT2D eigenvalue weighted by molar-refractivity contribution is 6.35. The van der Waals surface area contributed by atoms with Gasteiger partial charge in [-0.1, -0.05) is 41.4 Å². The molecule has 1 aromatic heterocycles. The zero-order valence-electron chi connectivity index (χ0n) is 9.90. The molecule has 0 saturated carbocycles. The van der Waals surface area contributed by atoms with E-state index in [2.05, 4.69) is 4.98 Å². The van der Waals surface area contributed by atoms with Crippen LogP contribution in [0.4, 0.5) is 5.69 Å². The van der Waals surface area contributed by atoms with Gasteiger partial charge in [0.15, 0.2) is 0 Å². The van der Waals surface area contributed by atoms with Gasteiger partial charge < -0.3 is 5.73 Å². The lowest BCUT2D eigenvalue weighted by Gasteiger charge is -2.09. The molecule has 0 aliphatic rings. The molecular weight excluding hydrogens is 279 g/mol. The van der Waals surface area contributed by atoms with Gasteiger partial charge in [0, 0.05) is 27.0 Å². The first-order valence-electron chi connectivity index (χ1n) is 5.74. The summed E-state index contributed by atoms with van der Waals surface area (Å²) in [6.07, 6.45) is 3.45. The second-order valence-electron chi connectivity index (χ2n) is 4.29. The van der Waals surface area contributed by atoms with Crippen molar-refractivity contribution in [3.63, 3.8) is 0 Å². The fraction of sp³-hybridized carbons (Fsp3) is 0.